The van der Waals surface area contributed by atoms with Crippen molar-refractivity contribution in [3.63, 3.8) is 0 Å². The fraction of sp³-hybridized carbons (Fsp3) is 0.933. The van der Waals surface area contributed by atoms with Crippen molar-refractivity contribution in [2.75, 3.05) is 6.54 Å². The number of aliphatic imine (C=N–C) groups is 1. The molecule has 17 heavy (non-hydrogen) atoms. The SMILES string of the molecule is CC/C=N/CCCCCCCCCCCC.[NaH]. The molecule has 0 fully saturated rings. The molecule has 0 spiro atoms. The van der Waals surface area contributed by atoms with E-state index in [2.05, 4.69) is 18.8 Å². The molecule has 0 aromatic carbocycles. The van der Waals surface area contributed by atoms with Crippen LogP contribution in [0, 0.1) is 0 Å². The molecule has 0 aliphatic carbocycles. The van der Waals surface area contributed by atoms with E-state index < -0.39 is 0 Å². The van der Waals surface area contributed by atoms with Gasteiger partial charge in [0.1, 0.15) is 0 Å². The Morgan fingerprint density at radius 3 is 1.65 bits per heavy atom. The number of rotatable bonds is 12. The van der Waals surface area contributed by atoms with Gasteiger partial charge in [-0.3, -0.25) is 4.99 Å². The van der Waals surface area contributed by atoms with Crippen LogP contribution in [0.5, 0.6) is 0 Å². The number of unbranched alkanes of at least 4 members (excludes halogenated alkanes) is 9. The van der Waals surface area contributed by atoms with Gasteiger partial charge in [-0.05, 0) is 19.1 Å². The van der Waals surface area contributed by atoms with Crippen molar-refractivity contribution in [2.45, 2.75) is 84.5 Å². The van der Waals surface area contributed by atoms with Gasteiger partial charge in [0.15, 0.2) is 0 Å². The fourth-order valence-corrected chi connectivity index (χ4v) is 1.91. The van der Waals surface area contributed by atoms with E-state index in [1.165, 1.54) is 64.2 Å². The van der Waals surface area contributed by atoms with Crippen molar-refractivity contribution in [3.8, 4) is 0 Å². The van der Waals surface area contributed by atoms with Crippen LogP contribution in [0.4, 0.5) is 0 Å². The maximum atomic E-state index is 4.33. The van der Waals surface area contributed by atoms with Gasteiger partial charge in [-0.2, -0.15) is 0 Å². The summed E-state index contributed by atoms with van der Waals surface area (Å²) in [6.07, 6.45) is 17.2. The number of nitrogens with zero attached hydrogens (tertiary/aromatic N) is 1. The molecule has 0 atom stereocenters. The third kappa shape index (κ3) is 19.2. The zero-order chi connectivity index (χ0) is 11.9. The molecular formula is C15H32NNa. The summed E-state index contributed by atoms with van der Waals surface area (Å²) in [5, 5.41) is 0. The Morgan fingerprint density at radius 2 is 1.18 bits per heavy atom. The zero-order valence-corrected chi connectivity index (χ0v) is 11.5. The molecule has 2 heteroatoms. The predicted molar refractivity (Wildman–Crippen MR) is 82.6 cm³/mol. The Kier molecular flexibility index (Phi) is 22.4. The van der Waals surface area contributed by atoms with Crippen LogP contribution in [-0.4, -0.2) is 42.3 Å². The van der Waals surface area contributed by atoms with Gasteiger partial charge in [0.2, 0.25) is 0 Å². The minimum atomic E-state index is 0. The molecular weight excluding hydrogens is 217 g/mol. The molecule has 0 rings (SSSR count). The summed E-state index contributed by atoms with van der Waals surface area (Å²) in [5.41, 5.74) is 0. The molecule has 0 unspecified atom stereocenters. The molecule has 0 saturated carbocycles. The first kappa shape index (κ1) is 20.0. The summed E-state index contributed by atoms with van der Waals surface area (Å²) in [6.45, 7) is 5.47. The van der Waals surface area contributed by atoms with E-state index in [9.17, 15) is 0 Å². The van der Waals surface area contributed by atoms with Crippen molar-refractivity contribution in [3.05, 3.63) is 0 Å². The van der Waals surface area contributed by atoms with Crippen LogP contribution in [-0.2, 0) is 0 Å². The average molecular weight is 249 g/mol. The van der Waals surface area contributed by atoms with Gasteiger partial charge in [-0.15, -0.1) is 0 Å². The predicted octanol–water partition coefficient (Wildman–Crippen LogP) is 4.74. The summed E-state index contributed by atoms with van der Waals surface area (Å²) < 4.78 is 0. The van der Waals surface area contributed by atoms with E-state index in [1.807, 2.05) is 6.21 Å². The van der Waals surface area contributed by atoms with Crippen LogP contribution in [0.1, 0.15) is 84.5 Å². The molecule has 0 bridgehead atoms. The standard InChI is InChI=1S/C15H31N.Na.H/c1-3-5-6-7-8-9-10-11-12-13-15-16-14-4-2;;/h14H,3-13,15H2,1-2H3;;/b16-14+;;. The zero-order valence-electron chi connectivity index (χ0n) is 11.5. The summed E-state index contributed by atoms with van der Waals surface area (Å²) in [5.74, 6) is 0. The van der Waals surface area contributed by atoms with E-state index in [0.29, 0.717) is 0 Å². The molecule has 0 amide bonds. The van der Waals surface area contributed by atoms with Crippen LogP contribution in [0.3, 0.4) is 0 Å². The first-order chi connectivity index (χ1) is 7.91. The quantitative estimate of drug-likeness (QED) is 0.269. The number of hydrogen-bond donors (Lipinski definition) is 0. The van der Waals surface area contributed by atoms with Gasteiger partial charge >= 0.3 is 29.6 Å². The summed E-state index contributed by atoms with van der Waals surface area (Å²) in [7, 11) is 0. The second-order valence-electron chi connectivity index (χ2n) is 4.68. The van der Waals surface area contributed by atoms with Crippen molar-refractivity contribution >= 4 is 35.8 Å². The second kappa shape index (κ2) is 19.0. The molecule has 0 aromatic heterocycles. The Bertz CT molecular complexity index is 146. The fourth-order valence-electron chi connectivity index (χ4n) is 1.91. The molecule has 0 aromatic rings. The average Bonchev–Trinajstić information content (AvgIpc) is 2.31. The van der Waals surface area contributed by atoms with Gasteiger partial charge in [-0.1, -0.05) is 71.6 Å². The van der Waals surface area contributed by atoms with Crippen LogP contribution in [0.15, 0.2) is 4.99 Å². The molecule has 98 valence electrons. The van der Waals surface area contributed by atoms with Crippen LogP contribution in [0.25, 0.3) is 0 Å². The molecule has 0 heterocycles. The monoisotopic (exact) mass is 249 g/mol. The van der Waals surface area contributed by atoms with Gasteiger partial charge in [0, 0.05) is 6.54 Å². The topological polar surface area (TPSA) is 12.4 Å². The molecule has 0 saturated heterocycles. The van der Waals surface area contributed by atoms with E-state index in [0.717, 1.165) is 13.0 Å². The first-order valence-corrected chi connectivity index (χ1v) is 7.40. The molecule has 0 aliphatic heterocycles. The van der Waals surface area contributed by atoms with Gasteiger partial charge < -0.3 is 0 Å². The first-order valence-electron chi connectivity index (χ1n) is 7.40. The van der Waals surface area contributed by atoms with E-state index >= 15 is 0 Å². The maximum absolute atomic E-state index is 4.33. The van der Waals surface area contributed by atoms with E-state index in [4.69, 9.17) is 0 Å². The van der Waals surface area contributed by atoms with E-state index in [-0.39, 0.29) is 29.6 Å². The molecule has 0 aliphatic rings. The summed E-state index contributed by atoms with van der Waals surface area (Å²) >= 11 is 0. The van der Waals surface area contributed by atoms with Gasteiger partial charge in [0.05, 0.1) is 0 Å². The minimum absolute atomic E-state index is 0. The second-order valence-corrected chi connectivity index (χ2v) is 4.68. The third-order valence-corrected chi connectivity index (χ3v) is 2.95. The van der Waals surface area contributed by atoms with Crippen molar-refractivity contribution in [1.82, 2.24) is 0 Å². The Morgan fingerprint density at radius 1 is 0.706 bits per heavy atom. The van der Waals surface area contributed by atoms with Crippen LogP contribution < -0.4 is 0 Å². The molecule has 1 nitrogen and oxygen atoms in total. The van der Waals surface area contributed by atoms with Crippen molar-refractivity contribution in [1.29, 1.82) is 0 Å². The Balaban J connectivity index is 0. The normalized spacial score (nSPS) is 10.7. The molecule has 0 radical (unpaired) electrons. The Labute approximate surface area is 131 Å². The summed E-state index contributed by atoms with van der Waals surface area (Å²) in [6, 6.07) is 0. The summed E-state index contributed by atoms with van der Waals surface area (Å²) in [4.78, 5) is 4.33. The van der Waals surface area contributed by atoms with Crippen molar-refractivity contribution < 1.29 is 0 Å². The van der Waals surface area contributed by atoms with Gasteiger partial charge in [0.25, 0.3) is 0 Å². The van der Waals surface area contributed by atoms with Crippen LogP contribution >= 0.6 is 0 Å². The van der Waals surface area contributed by atoms with Gasteiger partial charge in [-0.25, -0.2) is 0 Å². The van der Waals surface area contributed by atoms with Crippen LogP contribution in [0.2, 0.25) is 0 Å². The van der Waals surface area contributed by atoms with Crippen molar-refractivity contribution in [2.24, 2.45) is 4.99 Å². The number of hydrogen-bond acceptors (Lipinski definition) is 1. The van der Waals surface area contributed by atoms with E-state index in [1.54, 1.807) is 0 Å². The molecule has 0 N–H and O–H groups in total. The Hall–Kier alpha value is 0.670. The third-order valence-electron chi connectivity index (χ3n) is 2.95.